The second kappa shape index (κ2) is 10.7. The summed E-state index contributed by atoms with van der Waals surface area (Å²) in [5, 5.41) is 3.45. The monoisotopic (exact) mass is 294 g/mol. The van der Waals surface area contributed by atoms with E-state index in [4.69, 9.17) is 9.47 Å². The van der Waals surface area contributed by atoms with Gasteiger partial charge in [0.15, 0.2) is 0 Å². The highest BCUT2D eigenvalue weighted by molar-refractivity contribution is 5.19. The largest absolute Gasteiger partial charge is 0.383 e. The van der Waals surface area contributed by atoms with Crippen molar-refractivity contribution < 1.29 is 9.47 Å². The predicted octanol–water partition coefficient (Wildman–Crippen LogP) is 2.18. The molecule has 0 bridgehead atoms. The van der Waals surface area contributed by atoms with Crippen LogP contribution in [0.3, 0.4) is 0 Å². The van der Waals surface area contributed by atoms with Crippen LogP contribution in [0.5, 0.6) is 0 Å². The molecule has 0 saturated carbocycles. The molecule has 0 amide bonds. The lowest BCUT2D eigenvalue weighted by atomic mass is 9.94. The Morgan fingerprint density at radius 1 is 1.05 bits per heavy atom. The number of rotatable bonds is 11. The molecule has 0 radical (unpaired) electrons. The zero-order chi connectivity index (χ0) is 15.5. The lowest BCUT2D eigenvalue weighted by Gasteiger charge is -2.30. The molecule has 21 heavy (non-hydrogen) atoms. The van der Waals surface area contributed by atoms with Gasteiger partial charge in [0.1, 0.15) is 0 Å². The number of hydrogen-bond donors (Lipinski definition) is 1. The summed E-state index contributed by atoms with van der Waals surface area (Å²) in [4.78, 5) is 2.41. The molecule has 0 heterocycles. The van der Waals surface area contributed by atoms with Gasteiger partial charge in [-0.3, -0.25) is 4.90 Å². The lowest BCUT2D eigenvalue weighted by molar-refractivity contribution is 0.101. The van der Waals surface area contributed by atoms with Crippen LogP contribution < -0.4 is 5.32 Å². The van der Waals surface area contributed by atoms with Gasteiger partial charge in [-0.25, -0.2) is 0 Å². The van der Waals surface area contributed by atoms with Crippen molar-refractivity contribution in [2.75, 3.05) is 54.1 Å². The first-order chi connectivity index (χ1) is 10.2. The van der Waals surface area contributed by atoms with Gasteiger partial charge >= 0.3 is 0 Å². The molecule has 0 saturated heterocycles. The number of ether oxygens (including phenoxy) is 2. The molecule has 0 spiro atoms. The lowest BCUT2D eigenvalue weighted by Crippen LogP contribution is -2.38. The van der Waals surface area contributed by atoms with Crippen LogP contribution in [0.1, 0.15) is 18.5 Å². The van der Waals surface area contributed by atoms with Crippen LogP contribution in [-0.4, -0.2) is 59.0 Å². The second-order valence-corrected chi connectivity index (χ2v) is 5.44. The van der Waals surface area contributed by atoms with Gasteiger partial charge in [0.05, 0.1) is 13.2 Å². The van der Waals surface area contributed by atoms with E-state index in [9.17, 15) is 0 Å². The molecule has 0 aromatic heterocycles. The predicted molar refractivity (Wildman–Crippen MR) is 87.6 cm³/mol. The van der Waals surface area contributed by atoms with Gasteiger partial charge in [-0.15, -0.1) is 0 Å². The van der Waals surface area contributed by atoms with E-state index in [0.29, 0.717) is 12.0 Å². The van der Waals surface area contributed by atoms with Crippen molar-refractivity contribution >= 4 is 0 Å². The summed E-state index contributed by atoms with van der Waals surface area (Å²) in [6, 6.07) is 11.0. The van der Waals surface area contributed by atoms with Gasteiger partial charge in [0, 0.05) is 39.9 Å². The van der Waals surface area contributed by atoms with E-state index >= 15 is 0 Å². The first-order valence-electron chi connectivity index (χ1n) is 7.65. The van der Waals surface area contributed by atoms with Crippen molar-refractivity contribution in [3.8, 4) is 0 Å². The Morgan fingerprint density at radius 3 is 2.10 bits per heavy atom. The van der Waals surface area contributed by atoms with Crippen LogP contribution in [0.15, 0.2) is 30.3 Å². The molecule has 4 nitrogen and oxygen atoms in total. The van der Waals surface area contributed by atoms with E-state index in [-0.39, 0.29) is 0 Å². The summed E-state index contributed by atoms with van der Waals surface area (Å²) in [5.41, 5.74) is 1.34. The summed E-state index contributed by atoms with van der Waals surface area (Å²) in [7, 11) is 5.53. The van der Waals surface area contributed by atoms with Gasteiger partial charge in [0.2, 0.25) is 0 Å². The van der Waals surface area contributed by atoms with Crippen LogP contribution in [0.2, 0.25) is 0 Å². The molecule has 1 aromatic carbocycles. The third kappa shape index (κ3) is 6.57. The number of hydrogen-bond acceptors (Lipinski definition) is 4. The van der Waals surface area contributed by atoms with Crippen molar-refractivity contribution in [2.45, 2.75) is 13.0 Å². The summed E-state index contributed by atoms with van der Waals surface area (Å²) in [6.07, 6.45) is 0. The molecular weight excluding hydrogens is 264 g/mol. The van der Waals surface area contributed by atoms with Gasteiger partial charge < -0.3 is 14.8 Å². The van der Waals surface area contributed by atoms with E-state index in [1.54, 1.807) is 14.2 Å². The van der Waals surface area contributed by atoms with E-state index in [2.05, 4.69) is 47.5 Å². The fraction of sp³-hybridized carbons (Fsp3) is 0.647. The van der Waals surface area contributed by atoms with Crippen molar-refractivity contribution in [1.82, 2.24) is 10.2 Å². The van der Waals surface area contributed by atoms with Gasteiger partial charge in [-0.1, -0.05) is 37.3 Å². The van der Waals surface area contributed by atoms with Crippen molar-refractivity contribution in [3.63, 3.8) is 0 Å². The highest BCUT2D eigenvalue weighted by Crippen LogP contribution is 2.22. The Morgan fingerprint density at radius 2 is 1.62 bits per heavy atom. The Labute approximate surface area is 129 Å². The maximum Gasteiger partial charge on any atom is 0.0589 e. The SMILES string of the molecule is CNC(c1ccccc1)C(C)CN(CCOC)CCOC. The molecule has 1 rings (SSSR count). The van der Waals surface area contributed by atoms with Gasteiger partial charge in [-0.05, 0) is 18.5 Å². The van der Waals surface area contributed by atoms with Crippen LogP contribution in [0, 0.1) is 5.92 Å². The average molecular weight is 294 g/mol. The van der Waals surface area contributed by atoms with Crippen molar-refractivity contribution in [2.24, 2.45) is 5.92 Å². The zero-order valence-electron chi connectivity index (χ0n) is 13.8. The summed E-state index contributed by atoms with van der Waals surface area (Å²) < 4.78 is 10.4. The number of nitrogens with zero attached hydrogens (tertiary/aromatic N) is 1. The van der Waals surface area contributed by atoms with Crippen molar-refractivity contribution in [3.05, 3.63) is 35.9 Å². The van der Waals surface area contributed by atoms with Crippen LogP contribution >= 0.6 is 0 Å². The van der Waals surface area contributed by atoms with Crippen LogP contribution in [0.4, 0.5) is 0 Å². The minimum atomic E-state index is 0.360. The maximum absolute atomic E-state index is 5.21. The number of methoxy groups -OCH3 is 2. The molecule has 0 aliphatic carbocycles. The minimum Gasteiger partial charge on any atom is -0.383 e. The Hall–Kier alpha value is -0.940. The van der Waals surface area contributed by atoms with Crippen molar-refractivity contribution in [1.29, 1.82) is 0 Å². The average Bonchev–Trinajstić information content (AvgIpc) is 2.51. The molecule has 2 unspecified atom stereocenters. The molecule has 0 aliphatic rings. The third-order valence-electron chi connectivity index (χ3n) is 3.81. The van der Waals surface area contributed by atoms with Gasteiger partial charge in [0.25, 0.3) is 0 Å². The highest BCUT2D eigenvalue weighted by atomic mass is 16.5. The van der Waals surface area contributed by atoms with E-state index in [0.717, 1.165) is 32.8 Å². The topological polar surface area (TPSA) is 33.7 Å². The molecule has 2 atom stereocenters. The molecule has 120 valence electrons. The summed E-state index contributed by atoms with van der Waals surface area (Å²) >= 11 is 0. The standard InChI is InChI=1S/C17H30N2O2/c1-15(14-19(10-12-20-3)11-13-21-4)17(18-2)16-8-6-5-7-9-16/h5-9,15,17-18H,10-14H2,1-4H3. The number of benzene rings is 1. The number of nitrogens with one attached hydrogen (secondary N) is 1. The van der Waals surface area contributed by atoms with E-state index in [1.807, 2.05) is 7.05 Å². The molecule has 4 heteroatoms. The molecule has 1 N–H and O–H groups in total. The zero-order valence-corrected chi connectivity index (χ0v) is 13.8. The third-order valence-corrected chi connectivity index (χ3v) is 3.81. The molecular formula is C17H30N2O2. The Kier molecular flexibility index (Phi) is 9.26. The summed E-state index contributed by atoms with van der Waals surface area (Å²) in [5.74, 6) is 0.506. The first-order valence-corrected chi connectivity index (χ1v) is 7.65. The normalized spacial score (nSPS) is 14.3. The first kappa shape index (κ1) is 18.1. The smallest absolute Gasteiger partial charge is 0.0589 e. The fourth-order valence-electron chi connectivity index (χ4n) is 2.69. The quantitative estimate of drug-likeness (QED) is 0.678. The van der Waals surface area contributed by atoms with Crippen LogP contribution in [0.25, 0.3) is 0 Å². The molecule has 0 aliphatic heterocycles. The Balaban J connectivity index is 2.62. The Bertz CT molecular complexity index is 351. The molecule has 0 fully saturated rings. The summed E-state index contributed by atoms with van der Waals surface area (Å²) in [6.45, 7) is 6.71. The highest BCUT2D eigenvalue weighted by Gasteiger charge is 2.20. The minimum absolute atomic E-state index is 0.360. The van der Waals surface area contributed by atoms with Gasteiger partial charge in [-0.2, -0.15) is 0 Å². The van der Waals surface area contributed by atoms with E-state index < -0.39 is 0 Å². The second-order valence-electron chi connectivity index (χ2n) is 5.44. The maximum atomic E-state index is 5.21. The fourth-order valence-corrected chi connectivity index (χ4v) is 2.69. The molecule has 1 aromatic rings. The van der Waals surface area contributed by atoms with Crippen LogP contribution in [-0.2, 0) is 9.47 Å². The van der Waals surface area contributed by atoms with E-state index in [1.165, 1.54) is 5.56 Å².